The summed E-state index contributed by atoms with van der Waals surface area (Å²) < 4.78 is 0. The Morgan fingerprint density at radius 1 is 0.566 bits per heavy atom. The summed E-state index contributed by atoms with van der Waals surface area (Å²) in [6.07, 6.45) is 6.10. The fourth-order valence-corrected chi connectivity index (χ4v) is 8.88. The van der Waals surface area contributed by atoms with Crippen LogP contribution in [0.15, 0.2) is 120 Å². The Hall–Kier alpha value is -4.50. The highest BCUT2D eigenvalue weighted by Crippen LogP contribution is 2.50. The van der Waals surface area contributed by atoms with E-state index in [1.807, 2.05) is 0 Å². The Labute approximate surface area is 319 Å². The van der Waals surface area contributed by atoms with Gasteiger partial charge in [0, 0.05) is 28.1 Å². The molecule has 1 aliphatic carbocycles. The molecule has 0 amide bonds. The molecular weight excluding hydrogens is 639 g/mol. The van der Waals surface area contributed by atoms with Crippen molar-refractivity contribution >= 4 is 56.8 Å². The highest BCUT2D eigenvalue weighted by atomic mass is 15.2. The van der Waals surface area contributed by atoms with Crippen molar-refractivity contribution in [2.24, 2.45) is 5.41 Å². The molecule has 2 heterocycles. The van der Waals surface area contributed by atoms with Crippen LogP contribution in [-0.4, -0.2) is 12.8 Å². The first-order valence-corrected chi connectivity index (χ1v) is 19.7. The zero-order valence-corrected chi connectivity index (χ0v) is 34.1. The maximum atomic E-state index is 2.69. The average Bonchev–Trinajstić information content (AvgIpc) is 3.09. The van der Waals surface area contributed by atoms with Gasteiger partial charge in [-0.15, -0.1) is 0 Å². The molecule has 2 nitrogen and oxygen atoms in total. The average molecular weight is 697 g/mol. The molecule has 53 heavy (non-hydrogen) atoms. The van der Waals surface area contributed by atoms with Crippen LogP contribution < -0.4 is 20.7 Å². The molecule has 0 spiro atoms. The Morgan fingerprint density at radius 3 is 1.72 bits per heavy atom. The number of hydrogen-bond acceptors (Lipinski definition) is 2. The Kier molecular flexibility index (Phi) is 8.05. The summed E-state index contributed by atoms with van der Waals surface area (Å²) in [4.78, 5) is 5.28. The number of allylic oxidation sites excluding steroid dienone is 2. The van der Waals surface area contributed by atoms with Gasteiger partial charge in [0.25, 0.3) is 0 Å². The van der Waals surface area contributed by atoms with Crippen molar-refractivity contribution in [1.29, 1.82) is 0 Å². The minimum atomic E-state index is 0.0209. The van der Waals surface area contributed by atoms with Crippen LogP contribution in [0, 0.1) is 5.41 Å². The van der Waals surface area contributed by atoms with Crippen molar-refractivity contribution in [2.45, 2.75) is 112 Å². The van der Waals surface area contributed by atoms with Crippen LogP contribution in [-0.2, 0) is 16.2 Å². The van der Waals surface area contributed by atoms with Crippen LogP contribution in [0.4, 0.5) is 28.4 Å². The van der Waals surface area contributed by atoms with Gasteiger partial charge in [0.1, 0.15) is 0 Å². The predicted molar refractivity (Wildman–Crippen MR) is 232 cm³/mol. The van der Waals surface area contributed by atoms with E-state index in [-0.39, 0.29) is 34.4 Å². The molecule has 1 unspecified atom stereocenters. The van der Waals surface area contributed by atoms with E-state index in [1.54, 1.807) is 0 Å². The molecule has 0 bridgehead atoms. The van der Waals surface area contributed by atoms with Crippen molar-refractivity contribution in [1.82, 2.24) is 0 Å². The van der Waals surface area contributed by atoms with Crippen LogP contribution in [0.1, 0.15) is 106 Å². The molecule has 0 fully saturated rings. The van der Waals surface area contributed by atoms with Crippen LogP contribution in [0.25, 0.3) is 10.8 Å². The number of anilines is 5. The normalized spacial score (nSPS) is 17.3. The maximum Gasteiger partial charge on any atom is 0.247 e. The van der Waals surface area contributed by atoms with Gasteiger partial charge >= 0.3 is 0 Å². The zero-order valence-electron chi connectivity index (χ0n) is 34.1. The minimum absolute atomic E-state index is 0.0209. The SMILES string of the molecule is CC(C)(C)C1=CCC2C(=C1)B1c3cc(C(C)(C)C)ccc3N(c3ccc(C(C)(C)C)cc3)c3c1c(cc1ccccc31)N2c1ccc(C(C)(C)C)cc1. The van der Waals surface area contributed by atoms with Gasteiger partial charge in [-0.2, -0.15) is 0 Å². The van der Waals surface area contributed by atoms with Gasteiger partial charge in [-0.25, -0.2) is 0 Å². The fraction of sp³-hybridized carbons (Fsp3) is 0.360. The summed E-state index contributed by atoms with van der Waals surface area (Å²) in [5.41, 5.74) is 16.5. The molecule has 0 N–H and O–H groups in total. The van der Waals surface area contributed by atoms with E-state index >= 15 is 0 Å². The molecule has 0 saturated heterocycles. The highest BCUT2D eigenvalue weighted by Gasteiger charge is 2.48. The molecule has 8 rings (SSSR count). The molecule has 1 atom stereocenters. The third-order valence-electron chi connectivity index (χ3n) is 12.0. The lowest BCUT2D eigenvalue weighted by Gasteiger charge is -2.50. The zero-order chi connectivity index (χ0) is 37.8. The molecule has 3 aliphatic rings. The smallest absolute Gasteiger partial charge is 0.247 e. The predicted octanol–water partition coefficient (Wildman–Crippen LogP) is 12.5. The van der Waals surface area contributed by atoms with E-state index in [1.165, 1.54) is 77.9 Å². The van der Waals surface area contributed by atoms with Crippen LogP contribution in [0.2, 0.25) is 0 Å². The fourth-order valence-electron chi connectivity index (χ4n) is 8.88. The number of fused-ring (bicyclic) bond motifs is 6. The summed E-state index contributed by atoms with van der Waals surface area (Å²) in [7, 11) is 0. The lowest BCUT2D eigenvalue weighted by Crippen LogP contribution is -2.61. The lowest BCUT2D eigenvalue weighted by molar-refractivity contribution is 0.509. The van der Waals surface area contributed by atoms with Gasteiger partial charge in [-0.3, -0.25) is 0 Å². The first kappa shape index (κ1) is 35.5. The summed E-state index contributed by atoms with van der Waals surface area (Å²) in [6, 6.07) is 38.0. The molecule has 0 aromatic heterocycles. The van der Waals surface area contributed by atoms with E-state index in [0.717, 1.165) is 6.42 Å². The van der Waals surface area contributed by atoms with Gasteiger partial charge in [-0.1, -0.05) is 161 Å². The maximum absolute atomic E-state index is 2.69. The molecule has 3 heteroatoms. The molecule has 0 saturated carbocycles. The first-order valence-electron chi connectivity index (χ1n) is 19.7. The second-order valence-electron chi connectivity index (χ2n) is 19.9. The Morgan fingerprint density at radius 2 is 1.13 bits per heavy atom. The minimum Gasteiger partial charge on any atom is -0.335 e. The molecule has 5 aromatic carbocycles. The van der Waals surface area contributed by atoms with Gasteiger partial charge < -0.3 is 9.80 Å². The summed E-state index contributed by atoms with van der Waals surface area (Å²) >= 11 is 0. The second kappa shape index (κ2) is 12.0. The number of rotatable bonds is 2. The quantitative estimate of drug-likeness (QED) is 0.170. The molecular formula is C50H57BN2. The van der Waals surface area contributed by atoms with Crippen molar-refractivity contribution in [3.8, 4) is 0 Å². The monoisotopic (exact) mass is 696 g/mol. The Balaban J connectivity index is 1.49. The van der Waals surface area contributed by atoms with Crippen molar-refractivity contribution in [3.05, 3.63) is 137 Å². The van der Waals surface area contributed by atoms with Crippen LogP contribution in [0.5, 0.6) is 0 Å². The third-order valence-corrected chi connectivity index (χ3v) is 12.0. The van der Waals surface area contributed by atoms with Gasteiger partial charge in [0.05, 0.1) is 11.7 Å². The van der Waals surface area contributed by atoms with E-state index < -0.39 is 0 Å². The second-order valence-corrected chi connectivity index (χ2v) is 19.9. The molecule has 2 aliphatic heterocycles. The topological polar surface area (TPSA) is 6.48 Å². The van der Waals surface area contributed by atoms with Gasteiger partial charge in [0.15, 0.2) is 0 Å². The molecule has 0 radical (unpaired) electrons. The molecule has 270 valence electrons. The highest BCUT2D eigenvalue weighted by molar-refractivity contribution is 6.95. The van der Waals surface area contributed by atoms with Crippen LogP contribution >= 0.6 is 0 Å². The Bertz CT molecular complexity index is 2290. The third kappa shape index (κ3) is 5.96. The van der Waals surface area contributed by atoms with Crippen molar-refractivity contribution in [2.75, 3.05) is 9.80 Å². The van der Waals surface area contributed by atoms with Crippen molar-refractivity contribution in [3.63, 3.8) is 0 Å². The van der Waals surface area contributed by atoms with Crippen molar-refractivity contribution < 1.29 is 0 Å². The summed E-state index contributed by atoms with van der Waals surface area (Å²) in [5.74, 6) is 0. The van der Waals surface area contributed by atoms with E-state index in [0.29, 0.717) is 0 Å². The number of nitrogens with zero attached hydrogens (tertiary/aromatic N) is 2. The summed E-state index contributed by atoms with van der Waals surface area (Å²) in [5, 5.41) is 2.57. The van der Waals surface area contributed by atoms with Gasteiger partial charge in [0.2, 0.25) is 6.71 Å². The largest absolute Gasteiger partial charge is 0.335 e. The van der Waals surface area contributed by atoms with Gasteiger partial charge in [-0.05, 0) is 103 Å². The molecule has 5 aromatic rings. The van der Waals surface area contributed by atoms with E-state index in [9.17, 15) is 0 Å². The van der Waals surface area contributed by atoms with E-state index in [4.69, 9.17) is 0 Å². The van der Waals surface area contributed by atoms with E-state index in [2.05, 4.69) is 202 Å². The summed E-state index contributed by atoms with van der Waals surface area (Å²) in [6.45, 7) is 28.1. The first-order chi connectivity index (χ1) is 24.8. The number of benzene rings is 5. The standard InChI is InChI=1S/C50H57BN2/c1-47(2,3)33-17-23-37(24-18-33)52-42-27-21-35(49(7,8)9)30-40(42)51-41-31-36(50(10,11)12)22-28-43(41)53(38-25-19-34(20-26-38)48(4,5)6)46-39-16-14-13-15-32(39)29-44(52)45(46)51/h13-26,28-31,42H,27H2,1-12H3. The van der Waals surface area contributed by atoms with Crippen LogP contribution in [0.3, 0.4) is 0 Å². The lowest BCUT2D eigenvalue weighted by atomic mass is 9.31. The number of hydrogen-bond donors (Lipinski definition) is 0.